The molecule has 4 aromatic rings. The van der Waals surface area contributed by atoms with Crippen LogP contribution in [0.4, 0.5) is 16.2 Å². The van der Waals surface area contributed by atoms with E-state index in [2.05, 4.69) is 15.6 Å². The molecule has 4 rings (SSSR count). The van der Waals surface area contributed by atoms with E-state index in [0.717, 1.165) is 21.8 Å². The van der Waals surface area contributed by atoms with Crippen LogP contribution in [0.25, 0.3) is 16.2 Å². The summed E-state index contributed by atoms with van der Waals surface area (Å²) in [6, 6.07) is 12.7. The minimum Gasteiger partial charge on any atom is -0.308 e. The van der Waals surface area contributed by atoms with E-state index >= 15 is 0 Å². The van der Waals surface area contributed by atoms with Gasteiger partial charge in [0.25, 0.3) is 0 Å². The van der Waals surface area contributed by atoms with E-state index < -0.39 is 0 Å². The number of hydrogen-bond donors (Lipinski definition) is 2. The summed E-state index contributed by atoms with van der Waals surface area (Å²) in [6.07, 6.45) is 3.97. The Morgan fingerprint density at radius 2 is 1.96 bits per heavy atom. The fraction of sp³-hybridized carbons (Fsp3) is 0.0526. The van der Waals surface area contributed by atoms with Crippen LogP contribution in [0.2, 0.25) is 5.02 Å². The van der Waals surface area contributed by atoms with Crippen molar-refractivity contribution in [1.29, 1.82) is 0 Å². The van der Waals surface area contributed by atoms with E-state index in [1.807, 2.05) is 59.4 Å². The van der Waals surface area contributed by atoms with Gasteiger partial charge in [-0.2, -0.15) is 0 Å². The maximum absolute atomic E-state index is 12.2. The molecule has 0 saturated heterocycles. The number of imidazole rings is 1. The molecule has 0 spiro atoms. The Morgan fingerprint density at radius 3 is 2.73 bits per heavy atom. The number of thiazole rings is 1. The minimum absolute atomic E-state index is 0.314. The zero-order valence-corrected chi connectivity index (χ0v) is 15.4. The molecule has 2 aromatic heterocycles. The summed E-state index contributed by atoms with van der Waals surface area (Å²) in [4.78, 5) is 17.7. The second-order valence-corrected chi connectivity index (χ2v) is 7.07. The second-order valence-electron chi connectivity index (χ2n) is 5.79. The van der Waals surface area contributed by atoms with Crippen molar-refractivity contribution >= 4 is 45.3 Å². The molecule has 2 heterocycles. The number of hydrogen-bond acceptors (Lipinski definition) is 3. The third-order valence-electron chi connectivity index (χ3n) is 4.05. The van der Waals surface area contributed by atoms with Gasteiger partial charge in [0.15, 0.2) is 4.96 Å². The molecule has 0 bridgehead atoms. The standard InChI is InChI=1S/C19H15ClN4OS/c1-12-15(20)3-2-4-16(12)22-18(25)21-14-7-5-13(6-8-14)17-11-24-9-10-26-19(24)23-17/h2-11H,1H3,(H2,21,22,25). The fourth-order valence-electron chi connectivity index (χ4n) is 2.62. The number of nitrogens with one attached hydrogen (secondary N) is 2. The summed E-state index contributed by atoms with van der Waals surface area (Å²) >= 11 is 7.67. The maximum atomic E-state index is 12.2. The third kappa shape index (κ3) is 3.29. The smallest absolute Gasteiger partial charge is 0.308 e. The molecule has 0 unspecified atom stereocenters. The van der Waals surface area contributed by atoms with Crippen LogP contribution >= 0.6 is 22.9 Å². The van der Waals surface area contributed by atoms with Gasteiger partial charge in [0, 0.05) is 39.7 Å². The average Bonchev–Trinajstić information content (AvgIpc) is 3.21. The summed E-state index contributed by atoms with van der Waals surface area (Å²) in [7, 11) is 0. The Morgan fingerprint density at radius 1 is 1.15 bits per heavy atom. The Kier molecular flexibility index (Phi) is 4.36. The molecule has 0 atom stereocenters. The first kappa shape index (κ1) is 16.6. The van der Waals surface area contributed by atoms with Gasteiger partial charge in [-0.05, 0) is 36.8 Å². The van der Waals surface area contributed by atoms with Gasteiger partial charge >= 0.3 is 6.03 Å². The van der Waals surface area contributed by atoms with Gasteiger partial charge in [-0.1, -0.05) is 29.8 Å². The molecular weight excluding hydrogens is 368 g/mol. The second kappa shape index (κ2) is 6.82. The van der Waals surface area contributed by atoms with Crippen molar-refractivity contribution in [1.82, 2.24) is 9.38 Å². The van der Waals surface area contributed by atoms with Crippen molar-refractivity contribution in [3.05, 3.63) is 70.8 Å². The van der Waals surface area contributed by atoms with E-state index in [1.54, 1.807) is 23.5 Å². The summed E-state index contributed by atoms with van der Waals surface area (Å²) in [5, 5.41) is 8.25. The molecule has 2 amide bonds. The van der Waals surface area contributed by atoms with Gasteiger partial charge in [0.1, 0.15) is 0 Å². The van der Waals surface area contributed by atoms with Crippen LogP contribution in [0.15, 0.2) is 60.2 Å². The Bertz CT molecular complexity index is 1060. The molecule has 0 fully saturated rings. The summed E-state index contributed by atoms with van der Waals surface area (Å²) in [5.74, 6) is 0. The van der Waals surface area contributed by atoms with E-state index in [0.29, 0.717) is 16.4 Å². The number of carbonyl (C=O) groups excluding carboxylic acids is 1. The number of nitrogens with zero attached hydrogens (tertiary/aromatic N) is 2. The molecule has 7 heteroatoms. The van der Waals surface area contributed by atoms with Gasteiger partial charge in [0.2, 0.25) is 0 Å². The van der Waals surface area contributed by atoms with E-state index in [-0.39, 0.29) is 6.03 Å². The van der Waals surface area contributed by atoms with Crippen molar-refractivity contribution in [2.75, 3.05) is 10.6 Å². The number of carbonyl (C=O) groups is 1. The summed E-state index contributed by atoms with van der Waals surface area (Å²) < 4.78 is 1.99. The molecule has 0 aliphatic carbocycles. The van der Waals surface area contributed by atoms with E-state index in [4.69, 9.17) is 11.6 Å². The molecular formula is C19H15ClN4OS. The van der Waals surface area contributed by atoms with Crippen LogP contribution in [-0.4, -0.2) is 15.4 Å². The normalized spacial score (nSPS) is 10.8. The lowest BCUT2D eigenvalue weighted by atomic mass is 10.1. The number of fused-ring (bicyclic) bond motifs is 1. The molecule has 0 aliphatic rings. The monoisotopic (exact) mass is 382 g/mol. The number of aromatic nitrogens is 2. The van der Waals surface area contributed by atoms with Crippen molar-refractivity contribution < 1.29 is 4.79 Å². The first-order valence-electron chi connectivity index (χ1n) is 7.96. The minimum atomic E-state index is -0.314. The molecule has 0 aliphatic heterocycles. The number of anilines is 2. The third-order valence-corrected chi connectivity index (χ3v) is 5.23. The summed E-state index contributed by atoms with van der Waals surface area (Å²) in [5.41, 5.74) is 4.12. The lowest BCUT2D eigenvalue weighted by molar-refractivity contribution is 0.262. The molecule has 0 radical (unpaired) electrons. The van der Waals surface area contributed by atoms with E-state index in [9.17, 15) is 4.79 Å². The highest BCUT2D eigenvalue weighted by Gasteiger charge is 2.08. The Balaban J connectivity index is 1.46. The number of urea groups is 1. The molecule has 26 heavy (non-hydrogen) atoms. The van der Waals surface area contributed by atoms with Crippen molar-refractivity contribution in [2.24, 2.45) is 0 Å². The Labute approximate surface area is 159 Å². The first-order chi connectivity index (χ1) is 12.6. The lowest BCUT2D eigenvalue weighted by Gasteiger charge is -2.11. The van der Waals surface area contributed by atoms with Gasteiger partial charge in [0.05, 0.1) is 5.69 Å². The van der Waals surface area contributed by atoms with Crippen LogP contribution in [0.3, 0.4) is 0 Å². The number of amides is 2. The van der Waals surface area contributed by atoms with Gasteiger partial charge in [-0.3, -0.25) is 4.40 Å². The maximum Gasteiger partial charge on any atom is 0.323 e. The highest BCUT2D eigenvalue weighted by Crippen LogP contribution is 2.24. The Hall–Kier alpha value is -2.83. The number of rotatable bonds is 3. The fourth-order valence-corrected chi connectivity index (χ4v) is 3.49. The van der Waals surface area contributed by atoms with Gasteiger partial charge < -0.3 is 10.6 Å². The molecule has 130 valence electrons. The quantitative estimate of drug-likeness (QED) is 0.479. The van der Waals surface area contributed by atoms with Crippen molar-refractivity contribution in [3.8, 4) is 11.3 Å². The highest BCUT2D eigenvalue weighted by atomic mass is 35.5. The number of halogens is 1. The molecule has 2 aromatic carbocycles. The summed E-state index contributed by atoms with van der Waals surface area (Å²) in [6.45, 7) is 1.86. The van der Waals surface area contributed by atoms with Gasteiger partial charge in [-0.25, -0.2) is 9.78 Å². The van der Waals surface area contributed by atoms with E-state index in [1.165, 1.54) is 0 Å². The first-order valence-corrected chi connectivity index (χ1v) is 9.22. The van der Waals surface area contributed by atoms with Crippen molar-refractivity contribution in [3.63, 3.8) is 0 Å². The zero-order chi connectivity index (χ0) is 18.1. The largest absolute Gasteiger partial charge is 0.323 e. The number of benzene rings is 2. The topological polar surface area (TPSA) is 58.4 Å². The van der Waals surface area contributed by atoms with Crippen LogP contribution in [0.1, 0.15) is 5.56 Å². The predicted octanol–water partition coefficient (Wildman–Crippen LogP) is 5.67. The molecule has 0 saturated carbocycles. The SMILES string of the molecule is Cc1c(Cl)cccc1NC(=O)Nc1ccc(-c2cn3ccsc3n2)cc1. The van der Waals surface area contributed by atoms with Gasteiger partial charge in [-0.15, -0.1) is 11.3 Å². The predicted molar refractivity (Wildman–Crippen MR) is 107 cm³/mol. The molecule has 2 N–H and O–H groups in total. The highest BCUT2D eigenvalue weighted by molar-refractivity contribution is 7.15. The van der Waals surface area contributed by atoms with Crippen LogP contribution in [0.5, 0.6) is 0 Å². The van der Waals surface area contributed by atoms with Crippen LogP contribution in [-0.2, 0) is 0 Å². The van der Waals surface area contributed by atoms with Crippen LogP contribution < -0.4 is 10.6 Å². The van der Waals surface area contributed by atoms with Crippen LogP contribution in [0, 0.1) is 6.92 Å². The molecule has 5 nitrogen and oxygen atoms in total. The lowest BCUT2D eigenvalue weighted by Crippen LogP contribution is -2.19. The average molecular weight is 383 g/mol. The van der Waals surface area contributed by atoms with Crippen molar-refractivity contribution in [2.45, 2.75) is 6.92 Å². The zero-order valence-electron chi connectivity index (χ0n) is 13.9.